The molecule has 10 heteroatoms. The van der Waals surface area contributed by atoms with Gasteiger partial charge in [0.15, 0.2) is 0 Å². The van der Waals surface area contributed by atoms with Crippen molar-refractivity contribution in [3.05, 3.63) is 130 Å². The van der Waals surface area contributed by atoms with Crippen LogP contribution >= 0.6 is 23.2 Å². The Morgan fingerprint density at radius 1 is 0.810 bits per heavy atom. The molecule has 1 N–H and O–H groups in total. The number of hydrogen-bond donors (Lipinski definition) is 1. The monoisotopic (exact) mass is 623 g/mol. The van der Waals surface area contributed by atoms with Crippen molar-refractivity contribution >= 4 is 50.7 Å². The lowest BCUT2D eigenvalue weighted by Crippen LogP contribution is -2.53. The molecule has 1 atom stereocenters. The molecule has 4 aromatic carbocycles. The Labute approximate surface area is 256 Å². The van der Waals surface area contributed by atoms with Crippen LogP contribution in [-0.2, 0) is 32.6 Å². The lowest BCUT2D eigenvalue weighted by atomic mass is 10.0. The lowest BCUT2D eigenvalue weighted by Gasteiger charge is -2.33. The summed E-state index contributed by atoms with van der Waals surface area (Å²) >= 11 is 12.5. The molecule has 42 heavy (non-hydrogen) atoms. The third-order valence-corrected chi connectivity index (χ3v) is 8.96. The molecule has 0 saturated carbocycles. The molecule has 0 radical (unpaired) electrons. The summed E-state index contributed by atoms with van der Waals surface area (Å²) in [5.41, 5.74) is 2.64. The topological polar surface area (TPSA) is 86.8 Å². The molecule has 0 fully saturated rings. The molecule has 0 saturated heterocycles. The van der Waals surface area contributed by atoms with Gasteiger partial charge >= 0.3 is 0 Å². The molecule has 4 rings (SSSR count). The summed E-state index contributed by atoms with van der Waals surface area (Å²) in [6, 6.07) is 28.3. The third-order valence-electron chi connectivity index (χ3n) is 6.74. The van der Waals surface area contributed by atoms with Crippen molar-refractivity contribution in [2.75, 3.05) is 17.9 Å². The van der Waals surface area contributed by atoms with E-state index in [0.717, 1.165) is 21.0 Å². The first kappa shape index (κ1) is 31.1. The zero-order valence-corrected chi connectivity index (χ0v) is 25.5. The van der Waals surface area contributed by atoms with Crippen molar-refractivity contribution in [3.63, 3.8) is 0 Å². The van der Waals surface area contributed by atoms with Crippen molar-refractivity contribution in [1.82, 2.24) is 10.2 Å². The normalized spacial score (nSPS) is 11.9. The maximum atomic E-state index is 14.3. The van der Waals surface area contributed by atoms with E-state index in [1.54, 1.807) is 12.1 Å². The second kappa shape index (κ2) is 13.9. The first-order valence-corrected chi connectivity index (χ1v) is 15.4. The summed E-state index contributed by atoms with van der Waals surface area (Å²) in [7, 11) is -2.74. The predicted molar refractivity (Wildman–Crippen MR) is 167 cm³/mol. The largest absolute Gasteiger partial charge is 0.357 e. The number of amides is 2. The van der Waals surface area contributed by atoms with Crippen LogP contribution in [0, 0.1) is 6.92 Å². The standard InChI is InChI=1S/C32H31Cl2N3O4S/c1-23-13-15-29(16-14-23)42(40,41)37(28-19-26(33)18-27(34)20-28)22-31(38)36(21-25-11-7-4-8-12-25)30(32(39)35-2)17-24-9-5-3-6-10-24/h3-16,18-20,30H,17,21-22H2,1-2H3,(H,35,39)/t30-/m1/s1. The third kappa shape index (κ3) is 7.70. The van der Waals surface area contributed by atoms with Crippen molar-refractivity contribution in [2.45, 2.75) is 30.8 Å². The highest BCUT2D eigenvalue weighted by Gasteiger charge is 2.34. The molecule has 7 nitrogen and oxygen atoms in total. The summed E-state index contributed by atoms with van der Waals surface area (Å²) in [5, 5.41) is 3.09. The predicted octanol–water partition coefficient (Wildman–Crippen LogP) is 5.88. The van der Waals surface area contributed by atoms with E-state index in [0.29, 0.717) is 0 Å². The minimum Gasteiger partial charge on any atom is -0.357 e. The van der Waals surface area contributed by atoms with E-state index in [1.807, 2.05) is 67.6 Å². The number of carbonyl (C=O) groups is 2. The number of nitrogens with zero attached hydrogens (tertiary/aromatic N) is 2. The van der Waals surface area contributed by atoms with E-state index in [1.165, 1.54) is 42.3 Å². The number of nitrogens with one attached hydrogen (secondary N) is 1. The van der Waals surface area contributed by atoms with E-state index < -0.39 is 28.5 Å². The van der Waals surface area contributed by atoms with Crippen LogP contribution in [0.2, 0.25) is 10.0 Å². The summed E-state index contributed by atoms with van der Waals surface area (Å²) < 4.78 is 29.0. The van der Waals surface area contributed by atoms with Crippen molar-refractivity contribution < 1.29 is 18.0 Å². The van der Waals surface area contributed by atoms with Gasteiger partial charge in [0.25, 0.3) is 10.0 Å². The van der Waals surface area contributed by atoms with Crippen LogP contribution in [0.1, 0.15) is 16.7 Å². The summed E-state index contributed by atoms with van der Waals surface area (Å²) in [6.45, 7) is 1.34. The zero-order valence-electron chi connectivity index (χ0n) is 23.2. The number of benzene rings is 4. The van der Waals surface area contributed by atoms with Crippen molar-refractivity contribution in [1.29, 1.82) is 0 Å². The van der Waals surface area contributed by atoms with E-state index in [2.05, 4.69) is 5.32 Å². The van der Waals surface area contributed by atoms with Gasteiger partial charge in [0.1, 0.15) is 12.6 Å². The Kier molecular flexibility index (Phi) is 10.3. The highest BCUT2D eigenvalue weighted by atomic mass is 35.5. The average Bonchev–Trinajstić information content (AvgIpc) is 2.97. The maximum Gasteiger partial charge on any atom is 0.264 e. The van der Waals surface area contributed by atoms with Gasteiger partial charge < -0.3 is 10.2 Å². The summed E-state index contributed by atoms with van der Waals surface area (Å²) in [5.74, 6) is -0.947. The van der Waals surface area contributed by atoms with Crippen LogP contribution in [-0.4, -0.2) is 44.8 Å². The van der Waals surface area contributed by atoms with E-state index in [9.17, 15) is 18.0 Å². The van der Waals surface area contributed by atoms with Gasteiger partial charge in [-0.25, -0.2) is 8.42 Å². The molecule has 0 bridgehead atoms. The SMILES string of the molecule is CNC(=O)[C@@H](Cc1ccccc1)N(Cc1ccccc1)C(=O)CN(c1cc(Cl)cc(Cl)c1)S(=O)(=O)c1ccc(C)cc1. The Hall–Kier alpha value is -3.85. The lowest BCUT2D eigenvalue weighted by molar-refractivity contribution is -0.139. The fraction of sp³-hybridized carbons (Fsp3) is 0.188. The number of aryl methyl sites for hydroxylation is 1. The molecule has 0 heterocycles. The number of anilines is 1. The minimum absolute atomic E-state index is 0.00116. The van der Waals surface area contributed by atoms with Gasteiger partial charge in [-0.1, -0.05) is 102 Å². The van der Waals surface area contributed by atoms with Crippen LogP contribution in [0.4, 0.5) is 5.69 Å². The van der Waals surface area contributed by atoms with Crippen LogP contribution in [0.15, 0.2) is 108 Å². The second-order valence-electron chi connectivity index (χ2n) is 9.78. The Morgan fingerprint density at radius 2 is 1.36 bits per heavy atom. The fourth-order valence-electron chi connectivity index (χ4n) is 4.55. The van der Waals surface area contributed by atoms with Gasteiger partial charge in [0.05, 0.1) is 10.6 Å². The van der Waals surface area contributed by atoms with Gasteiger partial charge in [-0.05, 0) is 48.4 Å². The molecule has 0 aliphatic rings. The summed E-state index contributed by atoms with van der Waals surface area (Å²) in [4.78, 5) is 29.0. The van der Waals surface area contributed by atoms with Gasteiger partial charge in [-0.3, -0.25) is 13.9 Å². The smallest absolute Gasteiger partial charge is 0.264 e. The number of halogens is 2. The number of sulfonamides is 1. The molecule has 2 amide bonds. The van der Waals surface area contributed by atoms with Crippen molar-refractivity contribution in [2.24, 2.45) is 0 Å². The summed E-state index contributed by atoms with van der Waals surface area (Å²) in [6.07, 6.45) is 0.229. The second-order valence-corrected chi connectivity index (χ2v) is 12.5. The first-order valence-electron chi connectivity index (χ1n) is 13.2. The molecule has 0 aliphatic carbocycles. The Morgan fingerprint density at radius 3 is 1.90 bits per heavy atom. The van der Waals surface area contributed by atoms with Crippen LogP contribution in [0.25, 0.3) is 0 Å². The number of hydrogen-bond acceptors (Lipinski definition) is 4. The maximum absolute atomic E-state index is 14.3. The molecule has 218 valence electrons. The van der Waals surface area contributed by atoms with E-state index >= 15 is 0 Å². The highest BCUT2D eigenvalue weighted by Crippen LogP contribution is 2.30. The Balaban J connectivity index is 1.80. The van der Waals surface area contributed by atoms with E-state index in [-0.39, 0.29) is 39.5 Å². The van der Waals surface area contributed by atoms with Gasteiger partial charge in [0.2, 0.25) is 11.8 Å². The Bertz CT molecular complexity index is 1610. The molecule has 0 aromatic heterocycles. The van der Waals surface area contributed by atoms with Crippen LogP contribution in [0.5, 0.6) is 0 Å². The number of rotatable bonds is 11. The van der Waals surface area contributed by atoms with Crippen LogP contribution < -0.4 is 9.62 Å². The number of carbonyl (C=O) groups excluding carboxylic acids is 2. The van der Waals surface area contributed by atoms with Gasteiger partial charge in [0, 0.05) is 30.1 Å². The molecule has 0 spiro atoms. The molecular weight excluding hydrogens is 593 g/mol. The molecule has 0 aliphatic heterocycles. The van der Waals surface area contributed by atoms with Gasteiger partial charge in [-0.15, -0.1) is 0 Å². The molecule has 0 unspecified atom stereocenters. The van der Waals surface area contributed by atoms with Gasteiger partial charge in [-0.2, -0.15) is 0 Å². The highest BCUT2D eigenvalue weighted by molar-refractivity contribution is 7.92. The molecule has 4 aromatic rings. The quantitative estimate of drug-likeness (QED) is 0.226. The zero-order chi connectivity index (χ0) is 30.3. The number of likely N-dealkylation sites (N-methyl/N-ethyl adjacent to an activating group) is 1. The average molecular weight is 625 g/mol. The van der Waals surface area contributed by atoms with Crippen LogP contribution in [0.3, 0.4) is 0 Å². The minimum atomic E-state index is -4.25. The first-order chi connectivity index (χ1) is 20.1. The molecular formula is C32H31Cl2N3O4S. The fourth-order valence-corrected chi connectivity index (χ4v) is 6.46. The van der Waals surface area contributed by atoms with E-state index in [4.69, 9.17) is 23.2 Å². The van der Waals surface area contributed by atoms with Crippen molar-refractivity contribution in [3.8, 4) is 0 Å².